The molecule has 3 rings (SSSR count). The van der Waals surface area contributed by atoms with Crippen molar-refractivity contribution in [2.75, 3.05) is 13.7 Å². The first kappa shape index (κ1) is 20.8. The van der Waals surface area contributed by atoms with Gasteiger partial charge in [0.05, 0.1) is 12.8 Å². The van der Waals surface area contributed by atoms with E-state index in [1.165, 1.54) is 0 Å². The summed E-state index contributed by atoms with van der Waals surface area (Å²) in [6.45, 7) is 8.23. The number of aryl methyl sites for hydroxylation is 2. The molecule has 1 unspecified atom stereocenters. The van der Waals surface area contributed by atoms with Crippen molar-refractivity contribution in [1.82, 2.24) is 19.7 Å². The molecule has 3 heterocycles. The average Bonchev–Trinajstić information content (AvgIpc) is 3.04. The Balaban J connectivity index is 1.66. The van der Waals surface area contributed by atoms with Gasteiger partial charge in [0.25, 0.3) is 0 Å². The van der Waals surface area contributed by atoms with E-state index in [2.05, 4.69) is 28.9 Å². The van der Waals surface area contributed by atoms with Gasteiger partial charge in [0.2, 0.25) is 11.8 Å². The lowest BCUT2D eigenvalue weighted by Gasteiger charge is -2.12. The number of nitrogens with zero attached hydrogens (tertiary/aromatic N) is 4. The standard InChI is InChI=1S/C22H28N4O3/c1-13(2)21-20-15(4)10-19(24-22(20)26(5)25-21)29-12-17(27)9-14(3)16-7-8-18(28-6)23-11-16/h7-8,10-11,13-14H,9,12H2,1-6H3. The van der Waals surface area contributed by atoms with Crippen LogP contribution in [0.3, 0.4) is 0 Å². The SMILES string of the molecule is COc1ccc(C(C)CC(=O)COc2cc(C)c3c(C(C)C)nn(C)c3n2)cn1. The first-order valence-corrected chi connectivity index (χ1v) is 9.78. The number of hydrogen-bond acceptors (Lipinski definition) is 6. The molecule has 3 aromatic heterocycles. The fraction of sp³-hybridized carbons (Fsp3) is 0.455. The minimum Gasteiger partial charge on any atom is -0.481 e. The number of pyridine rings is 2. The summed E-state index contributed by atoms with van der Waals surface area (Å²) in [5.74, 6) is 1.37. The van der Waals surface area contributed by atoms with Crippen LogP contribution in [-0.2, 0) is 11.8 Å². The zero-order valence-electron chi connectivity index (χ0n) is 17.9. The van der Waals surface area contributed by atoms with Crippen LogP contribution in [0.15, 0.2) is 24.4 Å². The molecule has 0 amide bonds. The number of carbonyl (C=O) groups excluding carboxylic acids is 1. The fourth-order valence-electron chi connectivity index (χ4n) is 3.39. The number of methoxy groups -OCH3 is 1. The molecule has 0 N–H and O–H groups in total. The van der Waals surface area contributed by atoms with Gasteiger partial charge in [-0.1, -0.05) is 26.8 Å². The second-order valence-corrected chi connectivity index (χ2v) is 7.71. The summed E-state index contributed by atoms with van der Waals surface area (Å²) in [7, 11) is 3.45. The van der Waals surface area contributed by atoms with Crippen molar-refractivity contribution in [2.45, 2.75) is 46.0 Å². The Kier molecular flexibility index (Phi) is 6.15. The molecule has 3 aromatic rings. The number of hydrogen-bond donors (Lipinski definition) is 0. The zero-order chi connectivity index (χ0) is 21.1. The number of fused-ring (bicyclic) bond motifs is 1. The molecule has 0 aliphatic carbocycles. The van der Waals surface area contributed by atoms with Gasteiger partial charge in [-0.25, -0.2) is 4.98 Å². The maximum Gasteiger partial charge on any atom is 0.215 e. The molecule has 29 heavy (non-hydrogen) atoms. The third-order valence-electron chi connectivity index (χ3n) is 4.99. The summed E-state index contributed by atoms with van der Waals surface area (Å²) < 4.78 is 12.6. The highest BCUT2D eigenvalue weighted by Gasteiger charge is 2.18. The third kappa shape index (κ3) is 4.55. The van der Waals surface area contributed by atoms with Crippen LogP contribution in [0, 0.1) is 6.92 Å². The molecular weight excluding hydrogens is 368 g/mol. The van der Waals surface area contributed by atoms with Crippen molar-refractivity contribution in [3.8, 4) is 11.8 Å². The summed E-state index contributed by atoms with van der Waals surface area (Å²) in [6, 6.07) is 5.60. The molecule has 0 radical (unpaired) electrons. The van der Waals surface area contributed by atoms with Crippen molar-refractivity contribution in [2.24, 2.45) is 7.05 Å². The Labute approximate surface area is 171 Å². The smallest absolute Gasteiger partial charge is 0.215 e. The van der Waals surface area contributed by atoms with Crippen molar-refractivity contribution >= 4 is 16.8 Å². The number of rotatable bonds is 8. The molecule has 0 spiro atoms. The number of aromatic nitrogens is 4. The van der Waals surface area contributed by atoms with Gasteiger partial charge in [-0.15, -0.1) is 0 Å². The maximum atomic E-state index is 12.4. The van der Waals surface area contributed by atoms with E-state index in [9.17, 15) is 4.79 Å². The van der Waals surface area contributed by atoms with E-state index in [0.29, 0.717) is 24.1 Å². The lowest BCUT2D eigenvalue weighted by atomic mass is 9.97. The van der Waals surface area contributed by atoms with E-state index in [1.54, 1.807) is 24.1 Å². The van der Waals surface area contributed by atoms with E-state index >= 15 is 0 Å². The molecule has 7 nitrogen and oxygen atoms in total. The Hall–Kier alpha value is -2.96. The van der Waals surface area contributed by atoms with Gasteiger partial charge in [0, 0.05) is 37.2 Å². The van der Waals surface area contributed by atoms with Crippen LogP contribution in [0.5, 0.6) is 11.8 Å². The van der Waals surface area contributed by atoms with E-state index in [4.69, 9.17) is 9.47 Å². The van der Waals surface area contributed by atoms with Gasteiger partial charge in [-0.2, -0.15) is 10.1 Å². The summed E-state index contributed by atoms with van der Waals surface area (Å²) in [6.07, 6.45) is 2.11. The van der Waals surface area contributed by atoms with Crippen LogP contribution in [0.1, 0.15) is 55.8 Å². The van der Waals surface area contributed by atoms with E-state index in [-0.39, 0.29) is 18.3 Å². The van der Waals surface area contributed by atoms with Gasteiger partial charge >= 0.3 is 0 Å². The van der Waals surface area contributed by atoms with Crippen molar-refractivity contribution in [1.29, 1.82) is 0 Å². The maximum absolute atomic E-state index is 12.4. The lowest BCUT2D eigenvalue weighted by Crippen LogP contribution is -2.14. The lowest BCUT2D eigenvalue weighted by molar-refractivity contribution is -0.121. The quantitative estimate of drug-likeness (QED) is 0.574. The number of ketones is 1. The van der Waals surface area contributed by atoms with Gasteiger partial charge < -0.3 is 9.47 Å². The highest BCUT2D eigenvalue weighted by molar-refractivity contribution is 5.83. The summed E-state index contributed by atoms with van der Waals surface area (Å²) in [5.41, 5.74) is 3.84. The van der Waals surface area contributed by atoms with Crippen LogP contribution in [0.2, 0.25) is 0 Å². The minimum absolute atomic E-state index is 0.0131. The normalized spacial score (nSPS) is 12.4. The summed E-state index contributed by atoms with van der Waals surface area (Å²) in [5, 5.41) is 5.65. The van der Waals surface area contributed by atoms with E-state index < -0.39 is 0 Å². The Morgan fingerprint density at radius 1 is 1.21 bits per heavy atom. The molecule has 154 valence electrons. The zero-order valence-corrected chi connectivity index (χ0v) is 17.9. The molecule has 0 aromatic carbocycles. The average molecular weight is 396 g/mol. The topological polar surface area (TPSA) is 79.1 Å². The number of ether oxygens (including phenoxy) is 2. The number of carbonyl (C=O) groups is 1. The predicted octanol–water partition coefficient (Wildman–Crippen LogP) is 3.95. The van der Waals surface area contributed by atoms with Crippen molar-refractivity contribution in [3.63, 3.8) is 0 Å². The summed E-state index contributed by atoms with van der Waals surface area (Å²) in [4.78, 5) is 21.2. The Bertz CT molecular complexity index is 1010. The Morgan fingerprint density at radius 2 is 1.97 bits per heavy atom. The largest absolute Gasteiger partial charge is 0.481 e. The highest BCUT2D eigenvalue weighted by Crippen LogP contribution is 2.28. The van der Waals surface area contributed by atoms with Gasteiger partial charge in [-0.3, -0.25) is 9.48 Å². The highest BCUT2D eigenvalue weighted by atomic mass is 16.5. The fourth-order valence-corrected chi connectivity index (χ4v) is 3.39. The Morgan fingerprint density at radius 3 is 2.59 bits per heavy atom. The second kappa shape index (κ2) is 8.59. The number of Topliss-reactive ketones (excluding diaryl/α,β-unsaturated/α-hetero) is 1. The second-order valence-electron chi connectivity index (χ2n) is 7.71. The van der Waals surface area contributed by atoms with Gasteiger partial charge in [0.1, 0.15) is 6.61 Å². The third-order valence-corrected chi connectivity index (χ3v) is 4.99. The van der Waals surface area contributed by atoms with Crippen molar-refractivity contribution < 1.29 is 14.3 Å². The molecule has 1 atom stereocenters. The van der Waals surface area contributed by atoms with Gasteiger partial charge in [-0.05, 0) is 29.9 Å². The van der Waals surface area contributed by atoms with Crippen LogP contribution in [0.25, 0.3) is 11.0 Å². The molecule has 0 saturated heterocycles. The molecular formula is C22H28N4O3. The van der Waals surface area contributed by atoms with E-state index in [0.717, 1.165) is 27.9 Å². The van der Waals surface area contributed by atoms with Gasteiger partial charge in [0.15, 0.2) is 11.4 Å². The monoisotopic (exact) mass is 396 g/mol. The molecule has 0 aliphatic rings. The first-order valence-electron chi connectivity index (χ1n) is 9.78. The molecule has 7 heteroatoms. The molecule has 0 aliphatic heterocycles. The van der Waals surface area contributed by atoms with E-state index in [1.807, 2.05) is 33.0 Å². The first-order chi connectivity index (χ1) is 13.8. The van der Waals surface area contributed by atoms with Crippen LogP contribution in [0.4, 0.5) is 0 Å². The van der Waals surface area contributed by atoms with Crippen LogP contribution in [-0.4, -0.2) is 39.2 Å². The van der Waals surface area contributed by atoms with Crippen LogP contribution < -0.4 is 9.47 Å². The molecule has 0 bridgehead atoms. The van der Waals surface area contributed by atoms with Crippen molar-refractivity contribution in [3.05, 3.63) is 41.2 Å². The molecule has 0 fully saturated rings. The summed E-state index contributed by atoms with van der Waals surface area (Å²) >= 11 is 0. The van der Waals surface area contributed by atoms with Crippen LogP contribution >= 0.6 is 0 Å². The minimum atomic E-state index is -0.0131. The molecule has 0 saturated carbocycles. The predicted molar refractivity (Wildman–Crippen MR) is 112 cm³/mol.